The monoisotopic (exact) mass is 392 g/mol. The van der Waals surface area contributed by atoms with Gasteiger partial charge in [-0.1, -0.05) is 17.3 Å². The van der Waals surface area contributed by atoms with Crippen LogP contribution in [0.15, 0.2) is 34.9 Å². The highest BCUT2D eigenvalue weighted by Crippen LogP contribution is 2.15. The molecular weight excluding hydrogens is 367 g/mol. The van der Waals surface area contributed by atoms with Gasteiger partial charge in [0.2, 0.25) is 5.91 Å². The van der Waals surface area contributed by atoms with Crippen LogP contribution in [-0.4, -0.2) is 77.9 Å². The molecule has 0 saturated carbocycles. The Labute approximate surface area is 162 Å². The van der Waals surface area contributed by atoms with Crippen molar-refractivity contribution in [2.45, 2.75) is 13.0 Å². The van der Waals surface area contributed by atoms with E-state index in [1.165, 1.54) is 12.1 Å². The number of nitrogens with zero attached hydrogens (tertiary/aromatic N) is 3. The first-order valence-corrected chi connectivity index (χ1v) is 9.23. The van der Waals surface area contributed by atoms with E-state index in [2.05, 4.69) is 15.4 Å². The molecule has 1 atom stereocenters. The predicted molar refractivity (Wildman–Crippen MR) is 101 cm³/mol. The van der Waals surface area contributed by atoms with Crippen LogP contribution in [0.1, 0.15) is 5.76 Å². The first kappa shape index (κ1) is 20.2. The number of hydrogen-bond acceptors (Lipinski definition) is 7. The molecule has 0 spiro atoms. The average molecular weight is 392 g/mol. The SMILES string of the molecule is Cc1cc(NC(=O)CN2CCN(CC(O)COc3ccccc3F)CC2)no1. The Morgan fingerprint density at radius 2 is 2.04 bits per heavy atom. The number of para-hydroxylation sites is 1. The maximum absolute atomic E-state index is 13.5. The first-order chi connectivity index (χ1) is 13.5. The van der Waals surface area contributed by atoms with Gasteiger partial charge >= 0.3 is 0 Å². The number of rotatable bonds is 8. The van der Waals surface area contributed by atoms with Crippen molar-refractivity contribution in [2.75, 3.05) is 51.2 Å². The molecule has 3 rings (SSSR count). The summed E-state index contributed by atoms with van der Waals surface area (Å²) in [5, 5.41) is 16.6. The van der Waals surface area contributed by atoms with Crippen LogP contribution in [0.5, 0.6) is 5.75 Å². The van der Waals surface area contributed by atoms with Crippen molar-refractivity contribution in [3.8, 4) is 5.75 Å². The molecule has 1 aliphatic heterocycles. The number of halogens is 1. The van der Waals surface area contributed by atoms with Crippen molar-refractivity contribution in [1.82, 2.24) is 15.0 Å². The second-order valence-electron chi connectivity index (χ2n) is 6.84. The lowest BCUT2D eigenvalue weighted by Gasteiger charge is -2.35. The van der Waals surface area contributed by atoms with E-state index in [0.717, 1.165) is 13.1 Å². The molecule has 28 heavy (non-hydrogen) atoms. The summed E-state index contributed by atoms with van der Waals surface area (Å²) in [5.74, 6) is 0.614. The maximum atomic E-state index is 13.5. The Kier molecular flexibility index (Phi) is 6.96. The number of amides is 1. The Hall–Kier alpha value is -2.49. The largest absolute Gasteiger partial charge is 0.488 e. The summed E-state index contributed by atoms with van der Waals surface area (Å²) < 4.78 is 23.8. The van der Waals surface area contributed by atoms with Crippen LogP contribution in [0, 0.1) is 12.7 Å². The Bertz CT molecular complexity index is 777. The van der Waals surface area contributed by atoms with Crippen LogP contribution >= 0.6 is 0 Å². The van der Waals surface area contributed by atoms with Crippen LogP contribution < -0.4 is 10.1 Å². The zero-order valence-corrected chi connectivity index (χ0v) is 15.8. The van der Waals surface area contributed by atoms with Crippen LogP contribution in [0.4, 0.5) is 10.2 Å². The number of carbonyl (C=O) groups excluding carboxylic acids is 1. The van der Waals surface area contributed by atoms with E-state index >= 15 is 0 Å². The van der Waals surface area contributed by atoms with Crippen molar-refractivity contribution in [1.29, 1.82) is 0 Å². The molecule has 1 aromatic heterocycles. The molecule has 2 aromatic rings. The Balaban J connectivity index is 1.34. The van der Waals surface area contributed by atoms with Gasteiger partial charge in [-0.15, -0.1) is 0 Å². The van der Waals surface area contributed by atoms with Crippen LogP contribution in [0.25, 0.3) is 0 Å². The lowest BCUT2D eigenvalue weighted by atomic mass is 10.2. The Morgan fingerprint density at radius 1 is 1.32 bits per heavy atom. The van der Waals surface area contributed by atoms with Gasteiger partial charge in [0.15, 0.2) is 17.4 Å². The summed E-state index contributed by atoms with van der Waals surface area (Å²) in [6.07, 6.45) is -0.718. The third kappa shape index (κ3) is 6.01. The minimum absolute atomic E-state index is 0.0284. The highest BCUT2D eigenvalue weighted by molar-refractivity contribution is 5.91. The third-order valence-electron chi connectivity index (χ3n) is 4.46. The second-order valence-corrected chi connectivity index (χ2v) is 6.84. The average Bonchev–Trinajstić information content (AvgIpc) is 3.07. The van der Waals surface area contributed by atoms with Gasteiger partial charge in [-0.2, -0.15) is 0 Å². The summed E-state index contributed by atoms with van der Waals surface area (Å²) in [5.41, 5.74) is 0. The summed E-state index contributed by atoms with van der Waals surface area (Å²) in [7, 11) is 0. The number of aliphatic hydroxyl groups excluding tert-OH is 1. The Morgan fingerprint density at radius 3 is 2.71 bits per heavy atom. The van der Waals surface area contributed by atoms with Gasteiger partial charge in [-0.05, 0) is 19.1 Å². The molecule has 0 bridgehead atoms. The molecule has 2 heterocycles. The molecule has 0 radical (unpaired) electrons. The molecule has 1 amide bonds. The summed E-state index contributed by atoms with van der Waals surface area (Å²) >= 11 is 0. The maximum Gasteiger partial charge on any atom is 0.239 e. The molecule has 1 unspecified atom stereocenters. The highest BCUT2D eigenvalue weighted by Gasteiger charge is 2.21. The van der Waals surface area contributed by atoms with Crippen molar-refractivity contribution in [3.63, 3.8) is 0 Å². The van der Waals surface area contributed by atoms with E-state index in [1.807, 2.05) is 4.90 Å². The van der Waals surface area contributed by atoms with Gasteiger partial charge < -0.3 is 19.7 Å². The molecular formula is C19H25FN4O4. The minimum Gasteiger partial charge on any atom is -0.488 e. The molecule has 9 heteroatoms. The fourth-order valence-electron chi connectivity index (χ4n) is 3.04. The number of ether oxygens (including phenoxy) is 1. The fraction of sp³-hybridized carbons (Fsp3) is 0.474. The molecule has 8 nitrogen and oxygen atoms in total. The van der Waals surface area contributed by atoms with Gasteiger partial charge in [0, 0.05) is 38.8 Å². The standard InChI is InChI=1S/C19H25FN4O4/c1-14-10-18(22-28-14)21-19(26)12-24-8-6-23(7-9-24)11-15(25)13-27-17-5-3-2-4-16(17)20/h2-5,10,15,25H,6-9,11-13H2,1H3,(H,21,22,26). The van der Waals surface area contributed by atoms with Crippen LogP contribution in [0.2, 0.25) is 0 Å². The van der Waals surface area contributed by atoms with Gasteiger partial charge in [0.1, 0.15) is 18.5 Å². The molecule has 0 aliphatic carbocycles. The number of aliphatic hydroxyl groups is 1. The topological polar surface area (TPSA) is 91.1 Å². The van der Waals surface area contributed by atoms with Crippen molar-refractivity contribution in [2.24, 2.45) is 0 Å². The van der Waals surface area contributed by atoms with Crippen LogP contribution in [0.3, 0.4) is 0 Å². The number of carbonyl (C=O) groups is 1. The molecule has 1 saturated heterocycles. The summed E-state index contributed by atoms with van der Waals surface area (Å²) in [4.78, 5) is 16.2. The van der Waals surface area contributed by atoms with E-state index in [4.69, 9.17) is 9.26 Å². The normalized spacial score (nSPS) is 16.7. The fourth-order valence-corrected chi connectivity index (χ4v) is 3.04. The zero-order valence-electron chi connectivity index (χ0n) is 15.8. The van der Waals surface area contributed by atoms with E-state index in [1.54, 1.807) is 25.1 Å². The first-order valence-electron chi connectivity index (χ1n) is 9.23. The number of hydrogen-bond donors (Lipinski definition) is 2. The molecule has 1 fully saturated rings. The number of piperazine rings is 1. The summed E-state index contributed by atoms with van der Waals surface area (Å²) in [6.45, 7) is 5.39. The third-order valence-corrected chi connectivity index (χ3v) is 4.46. The lowest BCUT2D eigenvalue weighted by Crippen LogP contribution is -2.50. The summed E-state index contributed by atoms with van der Waals surface area (Å²) in [6, 6.07) is 7.79. The van der Waals surface area contributed by atoms with Gasteiger partial charge in [-0.3, -0.25) is 14.6 Å². The van der Waals surface area contributed by atoms with Gasteiger partial charge in [0.05, 0.1) is 6.54 Å². The van der Waals surface area contributed by atoms with Crippen molar-refractivity contribution < 1.29 is 23.6 Å². The highest BCUT2D eigenvalue weighted by atomic mass is 19.1. The van der Waals surface area contributed by atoms with E-state index in [0.29, 0.717) is 31.2 Å². The van der Waals surface area contributed by atoms with E-state index < -0.39 is 11.9 Å². The van der Waals surface area contributed by atoms with E-state index in [-0.39, 0.29) is 24.8 Å². The smallest absolute Gasteiger partial charge is 0.239 e. The molecule has 152 valence electrons. The quantitative estimate of drug-likeness (QED) is 0.696. The van der Waals surface area contributed by atoms with E-state index in [9.17, 15) is 14.3 Å². The van der Waals surface area contributed by atoms with Crippen LogP contribution in [-0.2, 0) is 4.79 Å². The molecule has 2 N–H and O–H groups in total. The number of nitrogens with one attached hydrogen (secondary N) is 1. The van der Waals surface area contributed by atoms with Gasteiger partial charge in [0.25, 0.3) is 0 Å². The number of anilines is 1. The second kappa shape index (κ2) is 9.63. The minimum atomic E-state index is -0.718. The number of aromatic nitrogens is 1. The van der Waals surface area contributed by atoms with Crippen molar-refractivity contribution >= 4 is 11.7 Å². The lowest BCUT2D eigenvalue weighted by molar-refractivity contribution is -0.117. The number of β-amino-alcohol motifs (C(OH)–C–C–N with tert-alkyl or cyclic N) is 1. The molecule has 1 aromatic carbocycles. The zero-order chi connectivity index (χ0) is 19.9. The number of benzene rings is 1. The van der Waals surface area contributed by atoms with Crippen molar-refractivity contribution in [3.05, 3.63) is 41.9 Å². The van der Waals surface area contributed by atoms with Gasteiger partial charge in [-0.25, -0.2) is 4.39 Å². The molecule has 1 aliphatic rings. The number of aryl methyl sites for hydroxylation is 1. The predicted octanol–water partition coefficient (Wildman–Crippen LogP) is 1.12.